The molecule has 0 spiro atoms. The molecule has 1 rings (SSSR count). The van der Waals surface area contributed by atoms with Crippen LogP contribution in [0.5, 0.6) is 0 Å². The summed E-state index contributed by atoms with van der Waals surface area (Å²) in [5.74, 6) is 0.249. The third-order valence-corrected chi connectivity index (χ3v) is 5.04. The van der Waals surface area contributed by atoms with Crippen LogP contribution in [-0.2, 0) is 10.0 Å². The topological polar surface area (TPSA) is 49.4 Å². The summed E-state index contributed by atoms with van der Waals surface area (Å²) in [6.45, 7) is 7.24. The Morgan fingerprint density at radius 1 is 1.47 bits per heavy atom. The SMILES string of the molecule is CCN(C(C)C)S(=O)(=O)CC1CCCN1. The molecule has 0 aromatic heterocycles. The van der Waals surface area contributed by atoms with Crippen molar-refractivity contribution in [1.82, 2.24) is 9.62 Å². The van der Waals surface area contributed by atoms with E-state index in [0.717, 1.165) is 19.4 Å². The van der Waals surface area contributed by atoms with Gasteiger partial charge in [-0.05, 0) is 33.2 Å². The van der Waals surface area contributed by atoms with Crippen LogP contribution in [0.2, 0.25) is 0 Å². The second kappa shape index (κ2) is 5.27. The van der Waals surface area contributed by atoms with Gasteiger partial charge in [-0.1, -0.05) is 6.92 Å². The largest absolute Gasteiger partial charge is 0.313 e. The molecule has 0 aromatic rings. The standard InChI is InChI=1S/C10H22N2O2S/c1-4-12(9(2)3)15(13,14)8-10-6-5-7-11-10/h9-11H,4-8H2,1-3H3. The van der Waals surface area contributed by atoms with Gasteiger partial charge in [0.05, 0.1) is 5.75 Å². The summed E-state index contributed by atoms with van der Waals surface area (Å²) in [5.41, 5.74) is 0. The van der Waals surface area contributed by atoms with Crippen LogP contribution in [0.4, 0.5) is 0 Å². The first-order valence-electron chi connectivity index (χ1n) is 5.70. The van der Waals surface area contributed by atoms with Crippen molar-refractivity contribution in [2.24, 2.45) is 0 Å². The fraction of sp³-hybridized carbons (Fsp3) is 1.00. The Balaban J connectivity index is 2.63. The van der Waals surface area contributed by atoms with E-state index in [1.54, 1.807) is 4.31 Å². The molecule has 1 aliphatic rings. The third kappa shape index (κ3) is 3.43. The summed E-state index contributed by atoms with van der Waals surface area (Å²) >= 11 is 0. The highest BCUT2D eigenvalue weighted by molar-refractivity contribution is 7.89. The maximum atomic E-state index is 12.0. The fourth-order valence-electron chi connectivity index (χ4n) is 2.13. The Labute approximate surface area is 93.1 Å². The Morgan fingerprint density at radius 3 is 2.53 bits per heavy atom. The Kier molecular flexibility index (Phi) is 4.55. The van der Waals surface area contributed by atoms with Crippen molar-refractivity contribution in [2.75, 3.05) is 18.8 Å². The summed E-state index contributed by atoms with van der Waals surface area (Å²) in [6, 6.07) is 0.212. The van der Waals surface area contributed by atoms with Gasteiger partial charge in [0.2, 0.25) is 10.0 Å². The molecule has 5 heteroatoms. The van der Waals surface area contributed by atoms with Gasteiger partial charge in [-0.25, -0.2) is 8.42 Å². The zero-order chi connectivity index (χ0) is 11.5. The molecule has 1 atom stereocenters. The van der Waals surface area contributed by atoms with E-state index < -0.39 is 10.0 Å². The van der Waals surface area contributed by atoms with Crippen LogP contribution < -0.4 is 5.32 Å². The predicted octanol–water partition coefficient (Wildman–Crippen LogP) is 0.798. The maximum Gasteiger partial charge on any atom is 0.215 e. The number of rotatable bonds is 5. The first-order valence-corrected chi connectivity index (χ1v) is 7.31. The number of nitrogens with zero attached hydrogens (tertiary/aromatic N) is 1. The van der Waals surface area contributed by atoms with E-state index in [2.05, 4.69) is 5.32 Å². The summed E-state index contributed by atoms with van der Waals surface area (Å²) in [5, 5.41) is 3.22. The monoisotopic (exact) mass is 234 g/mol. The van der Waals surface area contributed by atoms with Crippen molar-refractivity contribution in [2.45, 2.75) is 45.7 Å². The van der Waals surface area contributed by atoms with Crippen molar-refractivity contribution < 1.29 is 8.42 Å². The molecule has 4 nitrogen and oxygen atoms in total. The van der Waals surface area contributed by atoms with Crippen molar-refractivity contribution in [3.8, 4) is 0 Å². The minimum atomic E-state index is -3.08. The zero-order valence-corrected chi connectivity index (χ0v) is 10.7. The molecule has 1 saturated heterocycles. The first-order chi connectivity index (χ1) is 6.97. The van der Waals surface area contributed by atoms with Crippen LogP contribution in [0.15, 0.2) is 0 Å². The van der Waals surface area contributed by atoms with Gasteiger partial charge >= 0.3 is 0 Å². The molecule has 1 N–H and O–H groups in total. The molecular weight excluding hydrogens is 212 g/mol. The molecule has 1 heterocycles. The maximum absolute atomic E-state index is 12.0. The summed E-state index contributed by atoms with van der Waals surface area (Å²) in [7, 11) is -3.08. The smallest absolute Gasteiger partial charge is 0.215 e. The lowest BCUT2D eigenvalue weighted by Gasteiger charge is -2.25. The molecule has 0 amide bonds. The lowest BCUT2D eigenvalue weighted by molar-refractivity contribution is 0.366. The molecule has 1 unspecified atom stereocenters. The quantitative estimate of drug-likeness (QED) is 0.765. The van der Waals surface area contributed by atoms with E-state index in [0.29, 0.717) is 6.54 Å². The molecule has 0 saturated carbocycles. The second-order valence-corrected chi connectivity index (χ2v) is 6.34. The van der Waals surface area contributed by atoms with Gasteiger partial charge in [0.25, 0.3) is 0 Å². The molecule has 0 aliphatic carbocycles. The minimum absolute atomic E-state index is 0.0569. The summed E-state index contributed by atoms with van der Waals surface area (Å²) < 4.78 is 25.7. The first kappa shape index (κ1) is 12.9. The normalized spacial score (nSPS) is 22.9. The highest BCUT2D eigenvalue weighted by Gasteiger charge is 2.28. The van der Waals surface area contributed by atoms with Gasteiger partial charge in [0, 0.05) is 18.6 Å². The van der Waals surface area contributed by atoms with E-state index in [-0.39, 0.29) is 17.8 Å². The average Bonchev–Trinajstić information content (AvgIpc) is 2.55. The molecule has 90 valence electrons. The van der Waals surface area contributed by atoms with E-state index in [1.807, 2.05) is 20.8 Å². The highest BCUT2D eigenvalue weighted by Crippen LogP contribution is 2.13. The van der Waals surface area contributed by atoms with Crippen LogP contribution in [0.3, 0.4) is 0 Å². The highest BCUT2D eigenvalue weighted by atomic mass is 32.2. The molecule has 0 aromatic carbocycles. The van der Waals surface area contributed by atoms with Gasteiger partial charge in [-0.2, -0.15) is 4.31 Å². The molecule has 0 bridgehead atoms. The van der Waals surface area contributed by atoms with Crippen molar-refractivity contribution in [3.63, 3.8) is 0 Å². The summed E-state index contributed by atoms with van der Waals surface area (Å²) in [6.07, 6.45) is 2.07. The lowest BCUT2D eigenvalue weighted by Crippen LogP contribution is -2.42. The third-order valence-electron chi connectivity index (χ3n) is 2.82. The van der Waals surface area contributed by atoms with E-state index in [9.17, 15) is 8.42 Å². The predicted molar refractivity (Wildman–Crippen MR) is 62.3 cm³/mol. The van der Waals surface area contributed by atoms with Crippen molar-refractivity contribution >= 4 is 10.0 Å². The molecule has 0 radical (unpaired) electrons. The van der Waals surface area contributed by atoms with Crippen LogP contribution in [-0.4, -0.2) is 43.6 Å². The zero-order valence-electron chi connectivity index (χ0n) is 9.86. The van der Waals surface area contributed by atoms with Gasteiger partial charge < -0.3 is 5.32 Å². The van der Waals surface area contributed by atoms with Gasteiger partial charge in [-0.3, -0.25) is 0 Å². The minimum Gasteiger partial charge on any atom is -0.313 e. The summed E-state index contributed by atoms with van der Waals surface area (Å²) in [4.78, 5) is 0. The van der Waals surface area contributed by atoms with E-state index in [4.69, 9.17) is 0 Å². The Bertz CT molecular complexity index is 282. The number of hydrogen-bond donors (Lipinski definition) is 1. The van der Waals surface area contributed by atoms with E-state index >= 15 is 0 Å². The molecular formula is C10H22N2O2S. The second-order valence-electron chi connectivity index (χ2n) is 4.37. The van der Waals surface area contributed by atoms with Crippen LogP contribution in [0, 0.1) is 0 Å². The number of nitrogens with one attached hydrogen (secondary N) is 1. The molecule has 15 heavy (non-hydrogen) atoms. The van der Waals surface area contributed by atoms with Crippen molar-refractivity contribution in [1.29, 1.82) is 0 Å². The number of sulfonamides is 1. The van der Waals surface area contributed by atoms with Crippen molar-refractivity contribution in [3.05, 3.63) is 0 Å². The number of hydrogen-bond acceptors (Lipinski definition) is 3. The molecule has 1 aliphatic heterocycles. The Hall–Kier alpha value is -0.130. The fourth-order valence-corrected chi connectivity index (χ4v) is 4.15. The van der Waals surface area contributed by atoms with Crippen LogP contribution in [0.25, 0.3) is 0 Å². The van der Waals surface area contributed by atoms with E-state index in [1.165, 1.54) is 0 Å². The average molecular weight is 234 g/mol. The lowest BCUT2D eigenvalue weighted by atomic mass is 10.3. The molecule has 1 fully saturated rings. The van der Waals surface area contributed by atoms with Gasteiger partial charge in [0.15, 0.2) is 0 Å². The van der Waals surface area contributed by atoms with Gasteiger partial charge in [-0.15, -0.1) is 0 Å². The van der Waals surface area contributed by atoms with Gasteiger partial charge in [0.1, 0.15) is 0 Å². The van der Waals surface area contributed by atoms with Crippen LogP contribution in [0.1, 0.15) is 33.6 Å². The Morgan fingerprint density at radius 2 is 2.13 bits per heavy atom. The van der Waals surface area contributed by atoms with Crippen LogP contribution >= 0.6 is 0 Å².